The van der Waals surface area contributed by atoms with Gasteiger partial charge in [0.15, 0.2) is 9.84 Å². The number of sulfone groups is 1. The summed E-state index contributed by atoms with van der Waals surface area (Å²) in [6.45, 7) is 3.20. The van der Waals surface area contributed by atoms with Gasteiger partial charge >= 0.3 is 6.03 Å². The lowest BCUT2D eigenvalue weighted by Crippen LogP contribution is -2.37. The van der Waals surface area contributed by atoms with Gasteiger partial charge in [0.05, 0.1) is 55.0 Å². The molecule has 0 atom stereocenters. The molecule has 2 aliphatic rings. The van der Waals surface area contributed by atoms with Crippen LogP contribution in [-0.2, 0) is 27.7 Å². The number of fused-ring (bicyclic) bond motifs is 1. The lowest BCUT2D eigenvalue weighted by molar-refractivity contribution is 0.122. The fraction of sp³-hybridized carbons (Fsp3) is 0.292. The minimum absolute atomic E-state index is 0.212. The van der Waals surface area contributed by atoms with Gasteiger partial charge < -0.3 is 19.9 Å². The molecule has 1 saturated heterocycles. The lowest BCUT2D eigenvalue weighted by atomic mass is 10.2. The maximum Gasteiger partial charge on any atom is 0.322 e. The van der Waals surface area contributed by atoms with Crippen LogP contribution in [0.5, 0.6) is 0 Å². The molecule has 1 fully saturated rings. The van der Waals surface area contributed by atoms with Gasteiger partial charge in [-0.3, -0.25) is 4.98 Å². The van der Waals surface area contributed by atoms with E-state index in [4.69, 9.17) is 9.72 Å². The SMILES string of the molecule is CS(=O)(=O)c1cccc(/C=N/Nc2nc3c(c(N4CCOCC4)n2)CN(C(=O)Nc2cccnc2)C3)c1. The molecule has 0 bridgehead atoms. The van der Waals surface area contributed by atoms with Gasteiger partial charge in [-0.1, -0.05) is 12.1 Å². The topological polar surface area (TPSA) is 142 Å². The zero-order valence-electron chi connectivity index (χ0n) is 20.2. The van der Waals surface area contributed by atoms with Crippen LogP contribution in [0, 0.1) is 0 Å². The number of rotatable bonds is 6. The maximum atomic E-state index is 12.9. The van der Waals surface area contributed by atoms with Gasteiger partial charge in [0.1, 0.15) is 5.82 Å². The van der Waals surface area contributed by atoms with Crippen molar-refractivity contribution in [1.29, 1.82) is 0 Å². The molecule has 5 rings (SSSR count). The van der Waals surface area contributed by atoms with Gasteiger partial charge in [-0.25, -0.2) is 23.6 Å². The van der Waals surface area contributed by atoms with Crippen LogP contribution >= 0.6 is 0 Å². The Morgan fingerprint density at radius 1 is 1.14 bits per heavy atom. The highest BCUT2D eigenvalue weighted by Gasteiger charge is 2.31. The van der Waals surface area contributed by atoms with Crippen molar-refractivity contribution in [3.05, 3.63) is 65.6 Å². The van der Waals surface area contributed by atoms with Gasteiger partial charge in [0.2, 0.25) is 5.95 Å². The molecule has 12 nitrogen and oxygen atoms in total. The lowest BCUT2D eigenvalue weighted by Gasteiger charge is -2.29. The number of ether oxygens (including phenoxy) is 1. The molecular formula is C24H26N8O4S. The van der Waals surface area contributed by atoms with E-state index in [1.807, 2.05) is 0 Å². The molecule has 192 valence electrons. The highest BCUT2D eigenvalue weighted by atomic mass is 32.2. The molecule has 13 heteroatoms. The first-order chi connectivity index (χ1) is 17.9. The van der Waals surface area contributed by atoms with E-state index < -0.39 is 9.84 Å². The molecule has 0 radical (unpaired) electrons. The first kappa shape index (κ1) is 24.6. The molecule has 0 spiro atoms. The van der Waals surface area contributed by atoms with E-state index >= 15 is 0 Å². The van der Waals surface area contributed by atoms with Crippen LogP contribution in [0.25, 0.3) is 0 Å². The Hall–Kier alpha value is -4.10. The molecule has 4 heterocycles. The Kier molecular flexibility index (Phi) is 6.97. The second-order valence-electron chi connectivity index (χ2n) is 8.64. The third-order valence-corrected chi connectivity index (χ3v) is 7.05. The number of anilines is 3. The van der Waals surface area contributed by atoms with Crippen molar-refractivity contribution < 1.29 is 17.9 Å². The minimum atomic E-state index is -3.32. The van der Waals surface area contributed by atoms with Crippen LogP contribution in [0.15, 0.2) is 58.8 Å². The Balaban J connectivity index is 1.37. The van der Waals surface area contributed by atoms with Crippen molar-refractivity contribution in [2.75, 3.05) is 48.2 Å². The number of nitrogens with zero attached hydrogens (tertiary/aromatic N) is 6. The van der Waals surface area contributed by atoms with Crippen molar-refractivity contribution in [1.82, 2.24) is 19.9 Å². The normalized spacial score (nSPS) is 15.6. The number of benzene rings is 1. The summed E-state index contributed by atoms with van der Waals surface area (Å²) in [5.74, 6) is 1.02. The zero-order valence-corrected chi connectivity index (χ0v) is 21.0. The molecule has 37 heavy (non-hydrogen) atoms. The molecule has 1 aromatic carbocycles. The summed E-state index contributed by atoms with van der Waals surface area (Å²) in [7, 11) is -3.32. The number of nitrogens with one attached hydrogen (secondary N) is 2. The monoisotopic (exact) mass is 522 g/mol. The third kappa shape index (κ3) is 5.84. The number of aromatic nitrogens is 3. The predicted octanol–water partition coefficient (Wildman–Crippen LogP) is 2.11. The average Bonchev–Trinajstić information content (AvgIpc) is 3.34. The molecule has 2 N–H and O–H groups in total. The molecule has 2 amide bonds. The van der Waals surface area contributed by atoms with E-state index in [1.54, 1.807) is 47.6 Å². The number of urea groups is 1. The largest absolute Gasteiger partial charge is 0.378 e. The second kappa shape index (κ2) is 10.5. The zero-order chi connectivity index (χ0) is 25.8. The van der Waals surface area contributed by atoms with E-state index in [0.29, 0.717) is 50.6 Å². The summed E-state index contributed by atoms with van der Waals surface area (Å²) >= 11 is 0. The quantitative estimate of drug-likeness (QED) is 0.368. The van der Waals surface area contributed by atoms with Crippen LogP contribution in [0.4, 0.5) is 22.2 Å². The van der Waals surface area contributed by atoms with Crippen LogP contribution < -0.4 is 15.6 Å². The van der Waals surface area contributed by atoms with Crippen molar-refractivity contribution in [2.45, 2.75) is 18.0 Å². The van der Waals surface area contributed by atoms with Crippen molar-refractivity contribution in [3.63, 3.8) is 0 Å². The number of carbonyl (C=O) groups excluding carboxylic acids is 1. The number of hydrogen-bond donors (Lipinski definition) is 2. The minimum Gasteiger partial charge on any atom is -0.378 e. The second-order valence-corrected chi connectivity index (χ2v) is 10.7. The van der Waals surface area contributed by atoms with Crippen molar-refractivity contribution in [3.8, 4) is 0 Å². The predicted molar refractivity (Wildman–Crippen MR) is 138 cm³/mol. The van der Waals surface area contributed by atoms with Crippen molar-refractivity contribution in [2.24, 2.45) is 5.10 Å². The Labute approximate surface area is 214 Å². The summed E-state index contributed by atoms with van der Waals surface area (Å²) in [6.07, 6.45) is 5.90. The molecule has 0 unspecified atom stereocenters. The molecular weight excluding hydrogens is 496 g/mol. The van der Waals surface area contributed by atoms with Gasteiger partial charge in [0, 0.05) is 31.1 Å². The Bertz CT molecular complexity index is 1430. The van der Waals surface area contributed by atoms with Crippen LogP contribution in [-0.4, -0.2) is 73.1 Å². The molecule has 2 aromatic heterocycles. The molecule has 0 saturated carbocycles. The van der Waals surface area contributed by atoms with Crippen LogP contribution in [0.2, 0.25) is 0 Å². The first-order valence-electron chi connectivity index (χ1n) is 11.6. The smallest absolute Gasteiger partial charge is 0.322 e. The summed E-state index contributed by atoms with van der Waals surface area (Å²) in [6, 6.07) is 9.77. The van der Waals surface area contributed by atoms with E-state index in [1.165, 1.54) is 12.3 Å². The number of pyridine rings is 1. The maximum absolute atomic E-state index is 12.9. The summed E-state index contributed by atoms with van der Waals surface area (Å²) in [5.41, 5.74) is 5.70. The van der Waals surface area contributed by atoms with E-state index in [9.17, 15) is 13.2 Å². The van der Waals surface area contributed by atoms with Crippen LogP contribution in [0.3, 0.4) is 0 Å². The summed E-state index contributed by atoms with van der Waals surface area (Å²) in [5, 5.41) is 7.08. The van der Waals surface area contributed by atoms with E-state index in [2.05, 4.69) is 30.7 Å². The van der Waals surface area contributed by atoms with Gasteiger partial charge in [0.25, 0.3) is 0 Å². The summed E-state index contributed by atoms with van der Waals surface area (Å²) in [4.78, 5) is 30.3. The van der Waals surface area contributed by atoms with Gasteiger partial charge in [-0.2, -0.15) is 10.1 Å². The van der Waals surface area contributed by atoms with E-state index in [-0.39, 0.29) is 16.9 Å². The van der Waals surface area contributed by atoms with Crippen molar-refractivity contribution >= 4 is 39.5 Å². The average molecular weight is 523 g/mol. The Morgan fingerprint density at radius 3 is 2.73 bits per heavy atom. The first-order valence-corrected chi connectivity index (χ1v) is 13.5. The van der Waals surface area contributed by atoms with Gasteiger partial charge in [-0.15, -0.1) is 0 Å². The highest BCUT2D eigenvalue weighted by Crippen LogP contribution is 2.31. The molecule has 0 aliphatic carbocycles. The standard InChI is InChI=1S/C24H26N8O4S/c1-37(34,35)19-6-2-4-17(12-19)13-26-30-23-28-21-16-32(24(33)27-18-5-3-7-25-14-18)15-20(21)22(29-23)31-8-10-36-11-9-31/h2-7,12-14H,8-11,15-16H2,1H3,(H,27,33)(H,28,29,30)/b26-13+. The number of hydrogen-bond acceptors (Lipinski definition) is 10. The fourth-order valence-corrected chi connectivity index (χ4v) is 4.77. The fourth-order valence-electron chi connectivity index (χ4n) is 4.10. The Morgan fingerprint density at radius 2 is 1.97 bits per heavy atom. The third-order valence-electron chi connectivity index (χ3n) is 5.94. The van der Waals surface area contributed by atoms with Gasteiger partial charge in [-0.05, 0) is 29.8 Å². The van der Waals surface area contributed by atoms with Crippen LogP contribution in [0.1, 0.15) is 16.8 Å². The molecule has 3 aromatic rings. The number of morpholine rings is 1. The number of amides is 2. The van der Waals surface area contributed by atoms with E-state index in [0.717, 1.165) is 23.3 Å². The highest BCUT2D eigenvalue weighted by molar-refractivity contribution is 7.90. The molecule has 2 aliphatic heterocycles. The number of carbonyl (C=O) groups is 1. The summed E-state index contributed by atoms with van der Waals surface area (Å²) < 4.78 is 29.1. The number of hydrazone groups is 1.